The first-order valence-corrected chi connectivity index (χ1v) is 7.97. The molecule has 1 aromatic carbocycles. The summed E-state index contributed by atoms with van der Waals surface area (Å²) in [7, 11) is 0. The van der Waals surface area contributed by atoms with Crippen LogP contribution in [0.1, 0.15) is 40.6 Å². The number of ketones is 1. The van der Waals surface area contributed by atoms with Gasteiger partial charge < -0.3 is 15.2 Å². The first kappa shape index (κ1) is 15.6. The van der Waals surface area contributed by atoms with Gasteiger partial charge in [0.25, 0.3) is 5.91 Å². The number of nitrogens with one attached hydrogen (secondary N) is 2. The van der Waals surface area contributed by atoms with E-state index < -0.39 is 0 Å². The molecule has 0 radical (unpaired) electrons. The summed E-state index contributed by atoms with van der Waals surface area (Å²) in [6.45, 7) is 3.49. The Morgan fingerprint density at radius 1 is 1.22 bits per heavy atom. The van der Waals surface area contributed by atoms with Gasteiger partial charge >= 0.3 is 0 Å². The molecule has 1 aromatic heterocycles. The second kappa shape index (κ2) is 6.46. The SMILES string of the molecule is CC(=O)c1c[nH]c(C(=O)Nc2ccc(N3CCCC3)c(Cl)c2)c1. The number of Topliss-reactive ketones (excluding diaryl/α,β-unsaturated/α-hetero) is 1. The fraction of sp³-hybridized carbons (Fsp3) is 0.294. The molecule has 0 spiro atoms. The minimum Gasteiger partial charge on any atom is -0.370 e. The van der Waals surface area contributed by atoms with Crippen LogP contribution < -0.4 is 10.2 Å². The maximum absolute atomic E-state index is 12.2. The Labute approximate surface area is 139 Å². The van der Waals surface area contributed by atoms with E-state index in [1.165, 1.54) is 32.0 Å². The highest BCUT2D eigenvalue weighted by Crippen LogP contribution is 2.31. The molecule has 0 saturated carbocycles. The predicted molar refractivity (Wildman–Crippen MR) is 91.6 cm³/mol. The summed E-state index contributed by atoms with van der Waals surface area (Å²) in [5.74, 6) is -0.388. The third-order valence-electron chi connectivity index (χ3n) is 3.99. The molecule has 2 heterocycles. The van der Waals surface area contributed by atoms with Crippen molar-refractivity contribution in [3.05, 3.63) is 46.7 Å². The van der Waals surface area contributed by atoms with Crippen LogP contribution >= 0.6 is 11.6 Å². The number of benzene rings is 1. The Bertz CT molecular complexity index is 748. The molecule has 23 heavy (non-hydrogen) atoms. The van der Waals surface area contributed by atoms with Crippen molar-refractivity contribution in [1.82, 2.24) is 4.98 Å². The number of H-pyrrole nitrogens is 1. The Balaban J connectivity index is 1.73. The van der Waals surface area contributed by atoms with E-state index in [2.05, 4.69) is 15.2 Å². The zero-order chi connectivity index (χ0) is 16.4. The van der Waals surface area contributed by atoms with Crippen molar-refractivity contribution in [2.75, 3.05) is 23.3 Å². The summed E-state index contributed by atoms with van der Waals surface area (Å²) >= 11 is 6.34. The molecule has 0 atom stereocenters. The molecule has 1 amide bonds. The average Bonchev–Trinajstić information content (AvgIpc) is 3.19. The van der Waals surface area contributed by atoms with Crippen LogP contribution in [0.25, 0.3) is 0 Å². The molecule has 0 unspecified atom stereocenters. The maximum atomic E-state index is 12.2. The summed E-state index contributed by atoms with van der Waals surface area (Å²) in [6, 6.07) is 7.06. The maximum Gasteiger partial charge on any atom is 0.272 e. The third kappa shape index (κ3) is 3.40. The molecule has 120 valence electrons. The van der Waals surface area contributed by atoms with Gasteiger partial charge in [-0.05, 0) is 44.0 Å². The van der Waals surface area contributed by atoms with Crippen LogP contribution in [0.2, 0.25) is 5.02 Å². The third-order valence-corrected chi connectivity index (χ3v) is 4.29. The highest BCUT2D eigenvalue weighted by molar-refractivity contribution is 6.33. The van der Waals surface area contributed by atoms with Gasteiger partial charge in [-0.3, -0.25) is 9.59 Å². The fourth-order valence-electron chi connectivity index (χ4n) is 2.73. The van der Waals surface area contributed by atoms with E-state index in [4.69, 9.17) is 11.6 Å². The van der Waals surface area contributed by atoms with E-state index in [9.17, 15) is 9.59 Å². The molecule has 3 rings (SSSR count). The Morgan fingerprint density at radius 2 is 1.96 bits per heavy atom. The summed E-state index contributed by atoms with van der Waals surface area (Å²) in [5.41, 5.74) is 2.45. The molecule has 2 N–H and O–H groups in total. The van der Waals surface area contributed by atoms with Gasteiger partial charge in [-0.25, -0.2) is 0 Å². The van der Waals surface area contributed by atoms with Crippen molar-refractivity contribution in [2.45, 2.75) is 19.8 Å². The van der Waals surface area contributed by atoms with Crippen molar-refractivity contribution in [3.63, 3.8) is 0 Å². The molecule has 2 aromatic rings. The zero-order valence-corrected chi connectivity index (χ0v) is 13.6. The molecular weight excluding hydrogens is 314 g/mol. The minimum absolute atomic E-state index is 0.0849. The fourth-order valence-corrected chi connectivity index (χ4v) is 3.03. The number of carbonyl (C=O) groups is 2. The summed E-state index contributed by atoms with van der Waals surface area (Å²) < 4.78 is 0. The molecule has 6 heteroatoms. The lowest BCUT2D eigenvalue weighted by Gasteiger charge is -2.19. The quantitative estimate of drug-likeness (QED) is 0.839. The number of aromatic nitrogens is 1. The van der Waals surface area contributed by atoms with Gasteiger partial charge in [-0.15, -0.1) is 0 Å². The summed E-state index contributed by atoms with van der Waals surface area (Å²) in [4.78, 5) is 28.5. The van der Waals surface area contributed by atoms with Crippen LogP contribution in [-0.2, 0) is 0 Å². The average molecular weight is 332 g/mol. The highest BCUT2D eigenvalue weighted by atomic mass is 35.5. The number of rotatable bonds is 4. The molecule has 0 aliphatic carbocycles. The molecule has 0 bridgehead atoms. The van der Waals surface area contributed by atoms with E-state index in [1.807, 2.05) is 12.1 Å². The summed E-state index contributed by atoms with van der Waals surface area (Å²) in [6.07, 6.45) is 3.89. The van der Waals surface area contributed by atoms with Gasteiger partial charge in [-0.2, -0.15) is 0 Å². The topological polar surface area (TPSA) is 65.2 Å². The number of halogens is 1. The van der Waals surface area contributed by atoms with E-state index in [1.54, 1.807) is 6.07 Å². The number of amides is 1. The predicted octanol–water partition coefficient (Wildman–Crippen LogP) is 3.72. The second-order valence-electron chi connectivity index (χ2n) is 5.67. The van der Waals surface area contributed by atoms with Gasteiger partial charge in [0.15, 0.2) is 5.78 Å². The smallest absolute Gasteiger partial charge is 0.272 e. The minimum atomic E-state index is -0.303. The highest BCUT2D eigenvalue weighted by Gasteiger charge is 2.16. The van der Waals surface area contributed by atoms with Crippen molar-refractivity contribution in [2.24, 2.45) is 0 Å². The van der Waals surface area contributed by atoms with Gasteiger partial charge in [0.2, 0.25) is 0 Å². The van der Waals surface area contributed by atoms with Gasteiger partial charge in [-0.1, -0.05) is 11.6 Å². The van der Waals surface area contributed by atoms with Gasteiger partial charge in [0.1, 0.15) is 5.69 Å². The normalized spacial score (nSPS) is 14.1. The molecule has 1 fully saturated rings. The van der Waals surface area contributed by atoms with Gasteiger partial charge in [0, 0.05) is 30.5 Å². The molecule has 5 nitrogen and oxygen atoms in total. The molecule has 1 aliphatic heterocycles. The number of aromatic amines is 1. The van der Waals surface area contributed by atoms with Crippen molar-refractivity contribution < 1.29 is 9.59 Å². The first-order chi connectivity index (χ1) is 11.0. The van der Waals surface area contributed by atoms with Crippen LogP contribution in [0.15, 0.2) is 30.5 Å². The van der Waals surface area contributed by atoms with E-state index in [-0.39, 0.29) is 11.7 Å². The summed E-state index contributed by atoms with van der Waals surface area (Å²) in [5, 5.41) is 3.41. The standard InChI is InChI=1S/C17H18ClN3O2/c1-11(22)12-8-15(19-10-12)17(23)20-13-4-5-16(14(18)9-13)21-6-2-3-7-21/h4-5,8-10,19H,2-3,6-7H2,1H3,(H,20,23). The van der Waals surface area contributed by atoms with Crippen LogP contribution in [0, 0.1) is 0 Å². The Morgan fingerprint density at radius 3 is 2.57 bits per heavy atom. The Kier molecular flexibility index (Phi) is 4.39. The van der Waals surface area contributed by atoms with Gasteiger partial charge in [0.05, 0.1) is 10.7 Å². The lowest BCUT2D eigenvalue weighted by molar-refractivity contribution is 0.101. The lowest BCUT2D eigenvalue weighted by Crippen LogP contribution is -2.18. The number of carbonyl (C=O) groups excluding carboxylic acids is 2. The monoisotopic (exact) mass is 331 g/mol. The van der Waals surface area contributed by atoms with E-state index in [0.717, 1.165) is 18.8 Å². The number of hydrogen-bond acceptors (Lipinski definition) is 3. The molecule has 1 aliphatic rings. The van der Waals surface area contributed by atoms with Crippen molar-refractivity contribution in [3.8, 4) is 0 Å². The van der Waals surface area contributed by atoms with Crippen LogP contribution in [-0.4, -0.2) is 29.8 Å². The first-order valence-electron chi connectivity index (χ1n) is 7.60. The van der Waals surface area contributed by atoms with Crippen molar-refractivity contribution in [1.29, 1.82) is 0 Å². The van der Waals surface area contributed by atoms with Crippen LogP contribution in [0.3, 0.4) is 0 Å². The van der Waals surface area contributed by atoms with Crippen molar-refractivity contribution >= 4 is 34.7 Å². The molecule has 1 saturated heterocycles. The number of anilines is 2. The van der Waals surface area contributed by atoms with E-state index >= 15 is 0 Å². The van der Waals surface area contributed by atoms with Crippen LogP contribution in [0.5, 0.6) is 0 Å². The number of nitrogens with zero attached hydrogens (tertiary/aromatic N) is 1. The lowest BCUT2D eigenvalue weighted by atomic mass is 10.2. The largest absolute Gasteiger partial charge is 0.370 e. The second-order valence-corrected chi connectivity index (χ2v) is 6.08. The van der Waals surface area contributed by atoms with E-state index in [0.29, 0.717) is 22.0 Å². The number of hydrogen-bond donors (Lipinski definition) is 2. The zero-order valence-electron chi connectivity index (χ0n) is 12.9. The Hall–Kier alpha value is -2.27. The molecular formula is C17H18ClN3O2. The van der Waals surface area contributed by atoms with Crippen LogP contribution in [0.4, 0.5) is 11.4 Å².